The van der Waals surface area contributed by atoms with E-state index in [9.17, 15) is 9.59 Å². The first kappa shape index (κ1) is 12.1. The monoisotopic (exact) mass is 330 g/mol. The van der Waals surface area contributed by atoms with Crippen LogP contribution in [0.25, 0.3) is 0 Å². The van der Waals surface area contributed by atoms with Crippen LogP contribution in [0.2, 0.25) is 0 Å². The van der Waals surface area contributed by atoms with Crippen molar-refractivity contribution in [2.75, 3.05) is 13.2 Å². The minimum absolute atomic E-state index is 0.176. The maximum atomic E-state index is 12.3. The van der Waals surface area contributed by atoms with Crippen LogP contribution in [0.15, 0.2) is 15.9 Å². The molecule has 2 aliphatic heterocycles. The Morgan fingerprint density at radius 1 is 1.56 bits per heavy atom. The van der Waals surface area contributed by atoms with Crippen molar-refractivity contribution in [3.8, 4) is 0 Å². The average molecular weight is 331 g/mol. The van der Waals surface area contributed by atoms with Crippen LogP contribution in [0.3, 0.4) is 0 Å². The Balaban J connectivity index is 1.83. The third-order valence-corrected chi connectivity index (χ3v) is 5.17. The van der Waals surface area contributed by atoms with Gasteiger partial charge in [-0.05, 0) is 27.4 Å². The van der Waals surface area contributed by atoms with Gasteiger partial charge in [-0.25, -0.2) is 4.79 Å². The molecule has 3 rings (SSSR count). The summed E-state index contributed by atoms with van der Waals surface area (Å²) in [6.45, 7) is 1.10. The van der Waals surface area contributed by atoms with Gasteiger partial charge in [-0.3, -0.25) is 9.69 Å². The van der Waals surface area contributed by atoms with E-state index in [0.29, 0.717) is 19.6 Å². The molecule has 1 aromatic rings. The Bertz CT molecular complexity index is 510. The Labute approximate surface area is 116 Å². The number of nitrogens with one attached hydrogen (secondary N) is 1. The van der Waals surface area contributed by atoms with E-state index in [2.05, 4.69) is 21.2 Å². The van der Waals surface area contributed by atoms with Gasteiger partial charge >= 0.3 is 6.03 Å². The number of imide groups is 1. The fourth-order valence-corrected chi connectivity index (χ4v) is 3.70. The number of urea groups is 1. The van der Waals surface area contributed by atoms with Crippen molar-refractivity contribution in [2.24, 2.45) is 0 Å². The zero-order chi connectivity index (χ0) is 12.8. The fourth-order valence-electron chi connectivity index (χ4n) is 2.23. The lowest BCUT2D eigenvalue weighted by Crippen LogP contribution is -2.47. The first-order valence-electron chi connectivity index (χ1n) is 5.56. The molecule has 0 bridgehead atoms. The molecule has 0 saturated carbocycles. The Morgan fingerprint density at radius 3 is 3.00 bits per heavy atom. The van der Waals surface area contributed by atoms with E-state index in [1.807, 2.05) is 11.4 Å². The molecule has 3 heterocycles. The largest absolute Gasteiger partial charge is 0.378 e. The van der Waals surface area contributed by atoms with E-state index in [4.69, 9.17) is 4.74 Å². The van der Waals surface area contributed by atoms with E-state index in [-0.39, 0.29) is 18.5 Å². The summed E-state index contributed by atoms with van der Waals surface area (Å²) in [7, 11) is 0. The van der Waals surface area contributed by atoms with Crippen molar-refractivity contribution in [3.05, 3.63) is 20.8 Å². The SMILES string of the molecule is O=C1N[C@@]2(CCOC2)C(=O)N1Cc1sccc1Br. The zero-order valence-corrected chi connectivity index (χ0v) is 11.8. The Kier molecular flexibility index (Phi) is 2.91. The number of carbonyl (C=O) groups excluding carboxylic acids is 2. The van der Waals surface area contributed by atoms with Crippen LogP contribution >= 0.6 is 27.3 Å². The molecule has 0 aromatic carbocycles. The molecule has 7 heteroatoms. The number of amides is 3. The molecule has 1 atom stereocenters. The summed E-state index contributed by atoms with van der Waals surface area (Å²) in [6, 6.07) is 1.58. The second kappa shape index (κ2) is 4.32. The summed E-state index contributed by atoms with van der Waals surface area (Å²) in [5.41, 5.74) is -0.819. The molecule has 5 nitrogen and oxygen atoms in total. The van der Waals surface area contributed by atoms with Gasteiger partial charge in [0, 0.05) is 22.4 Å². The van der Waals surface area contributed by atoms with Crippen molar-refractivity contribution in [1.29, 1.82) is 0 Å². The molecule has 1 N–H and O–H groups in total. The topological polar surface area (TPSA) is 58.6 Å². The standard InChI is InChI=1S/C11H11BrN2O3S/c12-7-1-4-18-8(7)5-14-9(15)11(13-10(14)16)2-3-17-6-11/h1,4H,2-3,5-6H2,(H,13,16)/t11-/m1/s1. The number of nitrogens with zero attached hydrogens (tertiary/aromatic N) is 1. The summed E-state index contributed by atoms with van der Waals surface area (Å²) in [5.74, 6) is -0.176. The minimum atomic E-state index is -0.819. The van der Waals surface area contributed by atoms with Crippen molar-refractivity contribution >= 4 is 39.2 Å². The maximum Gasteiger partial charge on any atom is 0.325 e. The predicted molar refractivity (Wildman–Crippen MR) is 69.3 cm³/mol. The smallest absolute Gasteiger partial charge is 0.325 e. The lowest BCUT2D eigenvalue weighted by Gasteiger charge is -2.18. The molecule has 1 aromatic heterocycles. The zero-order valence-electron chi connectivity index (χ0n) is 9.44. The van der Waals surface area contributed by atoms with Gasteiger partial charge in [0.25, 0.3) is 5.91 Å². The van der Waals surface area contributed by atoms with Crippen LogP contribution in [0.4, 0.5) is 4.79 Å². The predicted octanol–water partition coefficient (Wildman–Crippen LogP) is 1.72. The molecule has 18 heavy (non-hydrogen) atoms. The van der Waals surface area contributed by atoms with Crippen molar-refractivity contribution in [2.45, 2.75) is 18.5 Å². The van der Waals surface area contributed by atoms with Gasteiger partial charge in [-0.15, -0.1) is 11.3 Å². The van der Waals surface area contributed by atoms with Gasteiger partial charge in [-0.1, -0.05) is 0 Å². The van der Waals surface area contributed by atoms with Gasteiger partial charge in [0.15, 0.2) is 0 Å². The van der Waals surface area contributed by atoms with Crippen molar-refractivity contribution in [1.82, 2.24) is 10.2 Å². The van der Waals surface area contributed by atoms with E-state index >= 15 is 0 Å². The molecule has 2 saturated heterocycles. The summed E-state index contributed by atoms with van der Waals surface area (Å²) in [4.78, 5) is 26.5. The Morgan fingerprint density at radius 2 is 2.39 bits per heavy atom. The van der Waals surface area contributed by atoms with E-state index < -0.39 is 5.54 Å². The highest BCUT2D eigenvalue weighted by atomic mass is 79.9. The number of halogens is 1. The number of carbonyl (C=O) groups is 2. The third kappa shape index (κ3) is 1.77. The average Bonchev–Trinajstić information content (AvgIpc) is 3.00. The lowest BCUT2D eigenvalue weighted by molar-refractivity contribution is -0.131. The fraction of sp³-hybridized carbons (Fsp3) is 0.455. The lowest BCUT2D eigenvalue weighted by atomic mass is 9.99. The minimum Gasteiger partial charge on any atom is -0.378 e. The molecule has 2 aliphatic rings. The second-order valence-corrected chi connectivity index (χ2v) is 6.25. The molecule has 1 spiro atoms. The summed E-state index contributed by atoms with van der Waals surface area (Å²) >= 11 is 4.92. The molecule has 96 valence electrons. The summed E-state index contributed by atoms with van der Waals surface area (Å²) in [5, 5.41) is 4.69. The number of hydrogen-bond acceptors (Lipinski definition) is 4. The molecule has 0 radical (unpaired) electrons. The van der Waals surface area contributed by atoms with E-state index in [1.165, 1.54) is 16.2 Å². The van der Waals surface area contributed by atoms with Crippen LogP contribution < -0.4 is 5.32 Å². The van der Waals surface area contributed by atoms with Gasteiger partial charge in [0.05, 0.1) is 13.2 Å². The molecule has 0 aliphatic carbocycles. The molecule has 2 fully saturated rings. The molecular formula is C11H11BrN2O3S. The maximum absolute atomic E-state index is 12.3. The third-order valence-electron chi connectivity index (χ3n) is 3.26. The molecular weight excluding hydrogens is 320 g/mol. The van der Waals surface area contributed by atoms with Gasteiger partial charge < -0.3 is 10.1 Å². The molecule has 0 unspecified atom stereocenters. The second-order valence-electron chi connectivity index (χ2n) is 4.40. The van der Waals surface area contributed by atoms with Gasteiger partial charge in [-0.2, -0.15) is 0 Å². The van der Waals surface area contributed by atoms with Crippen LogP contribution in [0.5, 0.6) is 0 Å². The highest BCUT2D eigenvalue weighted by Crippen LogP contribution is 2.30. The highest BCUT2D eigenvalue weighted by Gasteiger charge is 2.53. The van der Waals surface area contributed by atoms with Crippen molar-refractivity contribution < 1.29 is 14.3 Å². The normalized spacial score (nSPS) is 27.3. The molecule has 3 amide bonds. The quantitative estimate of drug-likeness (QED) is 0.840. The number of thiophene rings is 1. The first-order chi connectivity index (χ1) is 8.62. The van der Waals surface area contributed by atoms with Crippen molar-refractivity contribution in [3.63, 3.8) is 0 Å². The Hall–Kier alpha value is -0.920. The van der Waals surface area contributed by atoms with Gasteiger partial charge in [0.2, 0.25) is 0 Å². The number of ether oxygens (including phenoxy) is 1. The van der Waals surface area contributed by atoms with Crippen LogP contribution in [-0.4, -0.2) is 35.6 Å². The van der Waals surface area contributed by atoms with Crippen LogP contribution in [0.1, 0.15) is 11.3 Å². The first-order valence-corrected chi connectivity index (χ1v) is 7.23. The van der Waals surface area contributed by atoms with Crippen LogP contribution in [0, 0.1) is 0 Å². The number of rotatable bonds is 2. The van der Waals surface area contributed by atoms with E-state index in [1.54, 1.807) is 0 Å². The highest BCUT2D eigenvalue weighted by molar-refractivity contribution is 9.10. The summed E-state index contributed by atoms with van der Waals surface area (Å²) in [6.07, 6.45) is 0.555. The number of hydrogen-bond donors (Lipinski definition) is 1. The van der Waals surface area contributed by atoms with Gasteiger partial charge in [0.1, 0.15) is 5.54 Å². The van der Waals surface area contributed by atoms with E-state index in [0.717, 1.165) is 9.35 Å². The summed E-state index contributed by atoms with van der Waals surface area (Å²) < 4.78 is 6.17. The van der Waals surface area contributed by atoms with Crippen LogP contribution in [-0.2, 0) is 16.1 Å².